The second-order valence-corrected chi connectivity index (χ2v) is 4.15. The van der Waals surface area contributed by atoms with E-state index in [9.17, 15) is 4.79 Å². The molecular formula is C12H15N5O. The highest BCUT2D eigenvalue weighted by molar-refractivity contribution is 5.80. The molecule has 6 heteroatoms. The molecule has 0 fully saturated rings. The maximum Gasteiger partial charge on any atom is 0.182 e. The van der Waals surface area contributed by atoms with Crippen molar-refractivity contribution in [2.24, 2.45) is 7.05 Å². The molecule has 0 aliphatic heterocycles. The van der Waals surface area contributed by atoms with Crippen LogP contribution in [0.1, 0.15) is 17.8 Å². The van der Waals surface area contributed by atoms with E-state index in [0.29, 0.717) is 18.7 Å². The lowest BCUT2D eigenvalue weighted by Gasteiger charge is -2.00. The van der Waals surface area contributed by atoms with Gasteiger partial charge < -0.3 is 5.73 Å². The van der Waals surface area contributed by atoms with Gasteiger partial charge in [0, 0.05) is 12.1 Å². The molecule has 0 atom stereocenters. The third-order valence-electron chi connectivity index (χ3n) is 2.58. The molecule has 0 spiro atoms. The first-order chi connectivity index (χ1) is 8.63. The summed E-state index contributed by atoms with van der Waals surface area (Å²) in [6, 6.07) is 7.54. The van der Waals surface area contributed by atoms with Gasteiger partial charge in [-0.2, -0.15) is 4.80 Å². The van der Waals surface area contributed by atoms with E-state index in [1.165, 1.54) is 4.80 Å². The molecule has 1 heterocycles. The van der Waals surface area contributed by atoms with Gasteiger partial charge in [0.2, 0.25) is 0 Å². The number of ketones is 1. The molecule has 0 bridgehead atoms. The predicted molar refractivity (Wildman–Crippen MR) is 66.7 cm³/mol. The Bertz CT molecular complexity index is 532. The normalized spacial score (nSPS) is 10.5. The lowest BCUT2D eigenvalue weighted by atomic mass is 10.1. The number of carbonyl (C=O) groups excluding carboxylic acids is 1. The number of nitrogens with zero attached hydrogens (tertiary/aromatic N) is 4. The van der Waals surface area contributed by atoms with Gasteiger partial charge >= 0.3 is 0 Å². The maximum atomic E-state index is 11.7. The summed E-state index contributed by atoms with van der Waals surface area (Å²) in [5, 5.41) is 11.4. The van der Waals surface area contributed by atoms with Crippen molar-refractivity contribution in [3.8, 4) is 0 Å². The standard InChI is InChI=1S/C12H15N5O/c1-17-15-12(14-16-17)8-11(18)7-4-9-2-5-10(13)6-3-9/h2-3,5-6H,4,7-8,13H2,1H3. The zero-order valence-electron chi connectivity index (χ0n) is 10.2. The Labute approximate surface area is 105 Å². The molecule has 1 aromatic carbocycles. The minimum Gasteiger partial charge on any atom is -0.399 e. The molecule has 0 unspecified atom stereocenters. The Balaban J connectivity index is 1.83. The fraction of sp³-hybridized carbons (Fsp3) is 0.333. The summed E-state index contributed by atoms with van der Waals surface area (Å²) < 4.78 is 0. The van der Waals surface area contributed by atoms with Crippen LogP contribution in [0.3, 0.4) is 0 Å². The average Bonchev–Trinajstić information content (AvgIpc) is 2.74. The summed E-state index contributed by atoms with van der Waals surface area (Å²) in [4.78, 5) is 13.1. The first kappa shape index (κ1) is 12.2. The molecule has 18 heavy (non-hydrogen) atoms. The lowest BCUT2D eigenvalue weighted by Crippen LogP contribution is -2.06. The van der Waals surface area contributed by atoms with Gasteiger partial charge in [-0.15, -0.1) is 10.2 Å². The van der Waals surface area contributed by atoms with Crippen molar-refractivity contribution in [2.75, 3.05) is 5.73 Å². The van der Waals surface area contributed by atoms with Gasteiger partial charge in [0.05, 0.1) is 13.5 Å². The first-order valence-electron chi connectivity index (χ1n) is 5.72. The van der Waals surface area contributed by atoms with Crippen LogP contribution in [0.5, 0.6) is 0 Å². The van der Waals surface area contributed by atoms with E-state index in [4.69, 9.17) is 5.73 Å². The van der Waals surface area contributed by atoms with Gasteiger partial charge in [0.25, 0.3) is 0 Å². The van der Waals surface area contributed by atoms with Crippen LogP contribution < -0.4 is 5.73 Å². The highest BCUT2D eigenvalue weighted by Crippen LogP contribution is 2.08. The van der Waals surface area contributed by atoms with Crippen LogP contribution in [-0.4, -0.2) is 26.0 Å². The number of hydrogen-bond acceptors (Lipinski definition) is 5. The molecule has 94 valence electrons. The minimum atomic E-state index is 0.111. The minimum absolute atomic E-state index is 0.111. The van der Waals surface area contributed by atoms with E-state index in [1.54, 1.807) is 7.05 Å². The topological polar surface area (TPSA) is 86.7 Å². The van der Waals surface area contributed by atoms with Crippen molar-refractivity contribution >= 4 is 11.5 Å². The summed E-state index contributed by atoms with van der Waals surface area (Å²) in [6.45, 7) is 0. The van der Waals surface area contributed by atoms with Crippen LogP contribution in [0.2, 0.25) is 0 Å². The molecule has 2 rings (SSSR count). The van der Waals surface area contributed by atoms with Crippen molar-refractivity contribution in [3.05, 3.63) is 35.7 Å². The van der Waals surface area contributed by atoms with Crippen LogP contribution in [0.4, 0.5) is 5.69 Å². The Morgan fingerprint density at radius 3 is 2.67 bits per heavy atom. The summed E-state index contributed by atoms with van der Waals surface area (Å²) in [5.41, 5.74) is 7.43. The van der Waals surface area contributed by atoms with E-state index in [2.05, 4.69) is 15.4 Å². The summed E-state index contributed by atoms with van der Waals surface area (Å²) in [6.07, 6.45) is 1.42. The van der Waals surface area contributed by atoms with E-state index in [1.807, 2.05) is 24.3 Å². The van der Waals surface area contributed by atoms with Crippen molar-refractivity contribution in [1.82, 2.24) is 20.2 Å². The number of carbonyl (C=O) groups is 1. The number of hydrogen-bond donors (Lipinski definition) is 1. The number of anilines is 1. The van der Waals surface area contributed by atoms with Gasteiger partial charge in [0.1, 0.15) is 5.78 Å². The summed E-state index contributed by atoms with van der Waals surface area (Å²) >= 11 is 0. The fourth-order valence-electron chi connectivity index (χ4n) is 1.63. The fourth-order valence-corrected chi connectivity index (χ4v) is 1.63. The molecule has 0 aliphatic rings. The van der Waals surface area contributed by atoms with Gasteiger partial charge in [-0.3, -0.25) is 4.79 Å². The Morgan fingerprint density at radius 1 is 1.33 bits per heavy atom. The van der Waals surface area contributed by atoms with Crippen LogP contribution in [0.25, 0.3) is 0 Å². The zero-order valence-corrected chi connectivity index (χ0v) is 10.2. The molecule has 0 radical (unpaired) electrons. The summed E-state index contributed by atoms with van der Waals surface area (Å²) in [5.74, 6) is 0.583. The molecule has 0 saturated carbocycles. The van der Waals surface area contributed by atoms with E-state index < -0.39 is 0 Å². The number of tetrazole rings is 1. The van der Waals surface area contributed by atoms with Crippen LogP contribution in [-0.2, 0) is 24.7 Å². The predicted octanol–water partition coefficient (Wildman–Crippen LogP) is 0.537. The Hall–Kier alpha value is -2.24. The van der Waals surface area contributed by atoms with Crippen molar-refractivity contribution in [1.29, 1.82) is 0 Å². The quantitative estimate of drug-likeness (QED) is 0.777. The molecule has 2 aromatic rings. The zero-order chi connectivity index (χ0) is 13.0. The molecular weight excluding hydrogens is 230 g/mol. The SMILES string of the molecule is Cn1nnc(CC(=O)CCc2ccc(N)cc2)n1. The molecule has 0 aliphatic carbocycles. The van der Waals surface area contributed by atoms with Crippen molar-refractivity contribution in [2.45, 2.75) is 19.3 Å². The molecule has 0 amide bonds. The highest BCUT2D eigenvalue weighted by atomic mass is 16.1. The smallest absolute Gasteiger partial charge is 0.182 e. The van der Waals surface area contributed by atoms with Crippen LogP contribution in [0, 0.1) is 0 Å². The monoisotopic (exact) mass is 245 g/mol. The number of Topliss-reactive ketones (excluding diaryl/α,β-unsaturated/α-hetero) is 1. The molecule has 1 aromatic heterocycles. The first-order valence-corrected chi connectivity index (χ1v) is 5.72. The number of aryl methyl sites for hydroxylation is 2. The van der Waals surface area contributed by atoms with E-state index in [0.717, 1.165) is 11.3 Å². The third kappa shape index (κ3) is 3.38. The van der Waals surface area contributed by atoms with E-state index >= 15 is 0 Å². The summed E-state index contributed by atoms with van der Waals surface area (Å²) in [7, 11) is 1.68. The van der Waals surface area contributed by atoms with Gasteiger partial charge in [-0.05, 0) is 29.3 Å². The molecule has 0 saturated heterocycles. The second kappa shape index (κ2) is 5.39. The maximum absolute atomic E-state index is 11.7. The number of aromatic nitrogens is 4. The average molecular weight is 245 g/mol. The Kier molecular flexibility index (Phi) is 3.66. The van der Waals surface area contributed by atoms with Gasteiger partial charge in [0.15, 0.2) is 5.82 Å². The lowest BCUT2D eigenvalue weighted by molar-refractivity contribution is -0.118. The van der Waals surface area contributed by atoms with Crippen molar-refractivity contribution in [3.63, 3.8) is 0 Å². The number of nitrogens with two attached hydrogens (primary N) is 1. The Morgan fingerprint density at radius 2 is 2.06 bits per heavy atom. The van der Waals surface area contributed by atoms with Crippen LogP contribution >= 0.6 is 0 Å². The van der Waals surface area contributed by atoms with Gasteiger partial charge in [-0.25, -0.2) is 0 Å². The number of nitrogen functional groups attached to an aromatic ring is 1. The van der Waals surface area contributed by atoms with Crippen LogP contribution in [0.15, 0.2) is 24.3 Å². The van der Waals surface area contributed by atoms with E-state index in [-0.39, 0.29) is 12.2 Å². The number of benzene rings is 1. The molecule has 6 nitrogen and oxygen atoms in total. The third-order valence-corrected chi connectivity index (χ3v) is 2.58. The van der Waals surface area contributed by atoms with Gasteiger partial charge in [-0.1, -0.05) is 12.1 Å². The number of rotatable bonds is 5. The molecule has 2 N–H and O–H groups in total. The second-order valence-electron chi connectivity index (χ2n) is 4.15. The highest BCUT2D eigenvalue weighted by Gasteiger charge is 2.08. The largest absolute Gasteiger partial charge is 0.399 e. The van der Waals surface area contributed by atoms with Crippen molar-refractivity contribution < 1.29 is 4.79 Å².